The van der Waals surface area contributed by atoms with Crippen LogP contribution >= 0.6 is 0 Å². The molecule has 0 aliphatic carbocycles. The van der Waals surface area contributed by atoms with E-state index in [0.29, 0.717) is 31.5 Å². The Morgan fingerprint density at radius 2 is 2.22 bits per heavy atom. The van der Waals surface area contributed by atoms with E-state index in [1.807, 2.05) is 35.4 Å². The number of carbonyl (C=O) groups is 1. The fourth-order valence-corrected chi connectivity index (χ4v) is 4.37. The summed E-state index contributed by atoms with van der Waals surface area (Å²) in [7, 11) is 1.91. The summed E-state index contributed by atoms with van der Waals surface area (Å²) in [6.45, 7) is 5.60. The standard InChI is InChI=1S/C20H27N5O2/c1-3-7-24(13-18-22-6-8-23(18)2)19(26)16-4-5-17-15-9-14(10-21-11-15)12-25(17)20(16)27/h4-6,8,14-15,21H,3,7,9-13H2,1-2H3/t14-,15+/m0/s1. The van der Waals surface area contributed by atoms with Gasteiger partial charge >= 0.3 is 0 Å². The molecule has 0 unspecified atom stereocenters. The Labute approximate surface area is 159 Å². The van der Waals surface area contributed by atoms with E-state index in [0.717, 1.165) is 37.4 Å². The Hall–Kier alpha value is -2.41. The minimum absolute atomic E-state index is 0.143. The maximum atomic E-state index is 13.2. The lowest BCUT2D eigenvalue weighted by molar-refractivity contribution is 0.0734. The zero-order chi connectivity index (χ0) is 19.0. The van der Waals surface area contributed by atoms with Gasteiger partial charge < -0.3 is 19.4 Å². The van der Waals surface area contributed by atoms with Crippen molar-refractivity contribution in [3.63, 3.8) is 0 Å². The topological polar surface area (TPSA) is 72.2 Å². The summed E-state index contributed by atoms with van der Waals surface area (Å²) in [4.78, 5) is 32.4. The van der Waals surface area contributed by atoms with Crippen molar-refractivity contribution in [2.24, 2.45) is 13.0 Å². The van der Waals surface area contributed by atoms with Crippen molar-refractivity contribution >= 4 is 5.91 Å². The Kier molecular flexibility index (Phi) is 4.86. The van der Waals surface area contributed by atoms with Crippen molar-refractivity contribution in [2.75, 3.05) is 19.6 Å². The van der Waals surface area contributed by atoms with Crippen molar-refractivity contribution in [3.05, 3.63) is 52.0 Å². The summed E-state index contributed by atoms with van der Waals surface area (Å²) in [5.41, 5.74) is 1.19. The molecule has 2 atom stereocenters. The van der Waals surface area contributed by atoms with Crippen LogP contribution in [0.4, 0.5) is 0 Å². The first-order chi connectivity index (χ1) is 13.1. The monoisotopic (exact) mass is 369 g/mol. The van der Waals surface area contributed by atoms with Gasteiger partial charge in [-0.2, -0.15) is 0 Å². The Balaban J connectivity index is 1.65. The second-order valence-corrected chi connectivity index (χ2v) is 7.73. The van der Waals surface area contributed by atoms with Crippen LogP contribution in [-0.2, 0) is 20.1 Å². The molecule has 2 aromatic rings. The van der Waals surface area contributed by atoms with Gasteiger partial charge in [0.2, 0.25) is 0 Å². The molecule has 1 saturated heterocycles. The first kappa shape index (κ1) is 18.0. The van der Waals surface area contributed by atoms with Crippen LogP contribution in [0.15, 0.2) is 29.3 Å². The molecule has 1 amide bonds. The summed E-state index contributed by atoms with van der Waals surface area (Å²) in [5.74, 6) is 1.46. The predicted molar refractivity (Wildman–Crippen MR) is 103 cm³/mol. The highest BCUT2D eigenvalue weighted by Gasteiger charge is 2.32. The number of nitrogens with zero attached hydrogens (tertiary/aromatic N) is 4. The third-order valence-electron chi connectivity index (χ3n) is 5.77. The van der Waals surface area contributed by atoms with E-state index in [4.69, 9.17) is 0 Å². The molecular weight excluding hydrogens is 342 g/mol. The first-order valence-corrected chi connectivity index (χ1v) is 9.78. The molecule has 4 rings (SSSR count). The van der Waals surface area contributed by atoms with Crippen LogP contribution in [0.1, 0.15) is 47.6 Å². The Bertz CT molecular complexity index is 900. The summed E-state index contributed by atoms with van der Waals surface area (Å²) in [6, 6.07) is 3.71. The Morgan fingerprint density at radius 1 is 1.37 bits per heavy atom. The van der Waals surface area contributed by atoms with Gasteiger partial charge in [0.1, 0.15) is 11.4 Å². The highest BCUT2D eigenvalue weighted by atomic mass is 16.2. The number of nitrogens with one attached hydrogen (secondary N) is 1. The van der Waals surface area contributed by atoms with Crippen LogP contribution in [-0.4, -0.2) is 44.6 Å². The second kappa shape index (κ2) is 7.31. The lowest BCUT2D eigenvalue weighted by Crippen LogP contribution is -2.46. The number of fused-ring (bicyclic) bond motifs is 4. The number of hydrogen-bond acceptors (Lipinski definition) is 4. The van der Waals surface area contributed by atoms with E-state index in [9.17, 15) is 9.59 Å². The predicted octanol–water partition coefficient (Wildman–Crippen LogP) is 1.34. The van der Waals surface area contributed by atoms with Crippen LogP contribution in [0.25, 0.3) is 0 Å². The molecule has 144 valence electrons. The fraction of sp³-hybridized carbons (Fsp3) is 0.550. The van der Waals surface area contributed by atoms with Crippen molar-refractivity contribution in [2.45, 2.75) is 38.8 Å². The minimum Gasteiger partial charge on any atom is -0.337 e. The van der Waals surface area contributed by atoms with Gasteiger partial charge in [-0.05, 0) is 37.4 Å². The molecule has 1 fully saturated rings. The summed E-state index contributed by atoms with van der Waals surface area (Å²) in [5, 5.41) is 3.45. The van der Waals surface area contributed by atoms with Gasteiger partial charge in [0.15, 0.2) is 0 Å². The molecule has 2 bridgehead atoms. The van der Waals surface area contributed by atoms with Crippen molar-refractivity contribution in [1.29, 1.82) is 0 Å². The van der Waals surface area contributed by atoms with Gasteiger partial charge in [-0.15, -0.1) is 0 Å². The van der Waals surface area contributed by atoms with Crippen LogP contribution in [0.5, 0.6) is 0 Å². The molecule has 0 aromatic carbocycles. The van der Waals surface area contributed by atoms with E-state index >= 15 is 0 Å². The largest absolute Gasteiger partial charge is 0.337 e. The number of hydrogen-bond donors (Lipinski definition) is 1. The van der Waals surface area contributed by atoms with Crippen LogP contribution in [0, 0.1) is 5.92 Å². The number of amides is 1. The molecule has 0 radical (unpaired) electrons. The third kappa shape index (κ3) is 3.32. The third-order valence-corrected chi connectivity index (χ3v) is 5.77. The fourth-order valence-electron chi connectivity index (χ4n) is 4.37. The SMILES string of the molecule is CCCN(Cc1nccn1C)C(=O)c1ccc2n(c1=O)C[C@@H]1CNC[C@H]2C1. The molecule has 2 aliphatic rings. The molecule has 0 saturated carbocycles. The van der Waals surface area contributed by atoms with E-state index in [1.54, 1.807) is 17.2 Å². The normalized spacial score (nSPS) is 21.0. The van der Waals surface area contributed by atoms with Gasteiger partial charge in [0.05, 0.1) is 6.54 Å². The average molecular weight is 369 g/mol. The second-order valence-electron chi connectivity index (χ2n) is 7.73. The number of piperidine rings is 1. The van der Waals surface area contributed by atoms with Crippen molar-refractivity contribution in [1.82, 2.24) is 24.3 Å². The highest BCUT2D eigenvalue weighted by Crippen LogP contribution is 2.31. The smallest absolute Gasteiger partial charge is 0.263 e. The number of imidazole rings is 1. The lowest BCUT2D eigenvalue weighted by Gasteiger charge is -2.37. The Morgan fingerprint density at radius 3 is 2.96 bits per heavy atom. The molecule has 2 aromatic heterocycles. The number of carbonyl (C=O) groups excluding carboxylic acids is 1. The quantitative estimate of drug-likeness (QED) is 0.863. The average Bonchev–Trinajstić information content (AvgIpc) is 3.07. The van der Waals surface area contributed by atoms with Gasteiger partial charge in [-0.3, -0.25) is 9.59 Å². The van der Waals surface area contributed by atoms with Gasteiger partial charge in [-0.1, -0.05) is 6.92 Å². The van der Waals surface area contributed by atoms with Gasteiger partial charge in [0, 0.05) is 50.7 Å². The highest BCUT2D eigenvalue weighted by molar-refractivity contribution is 5.93. The maximum absolute atomic E-state index is 13.2. The summed E-state index contributed by atoms with van der Waals surface area (Å²) >= 11 is 0. The molecule has 7 nitrogen and oxygen atoms in total. The van der Waals surface area contributed by atoms with Crippen LogP contribution < -0.4 is 10.9 Å². The number of rotatable bonds is 5. The van der Waals surface area contributed by atoms with E-state index in [1.165, 1.54) is 0 Å². The minimum atomic E-state index is -0.200. The zero-order valence-electron chi connectivity index (χ0n) is 16.0. The van der Waals surface area contributed by atoms with Crippen molar-refractivity contribution in [3.8, 4) is 0 Å². The van der Waals surface area contributed by atoms with E-state index in [-0.39, 0.29) is 17.0 Å². The molecule has 2 aliphatic heterocycles. The molecule has 1 N–H and O–H groups in total. The summed E-state index contributed by atoms with van der Waals surface area (Å²) in [6.07, 6.45) is 5.55. The van der Waals surface area contributed by atoms with Crippen LogP contribution in [0.2, 0.25) is 0 Å². The van der Waals surface area contributed by atoms with E-state index in [2.05, 4.69) is 10.3 Å². The molecule has 0 spiro atoms. The lowest BCUT2D eigenvalue weighted by atomic mass is 9.84. The summed E-state index contributed by atoms with van der Waals surface area (Å²) < 4.78 is 3.75. The van der Waals surface area contributed by atoms with E-state index < -0.39 is 0 Å². The van der Waals surface area contributed by atoms with Gasteiger partial charge in [-0.25, -0.2) is 4.98 Å². The molecular formula is C20H27N5O2. The molecule has 7 heteroatoms. The van der Waals surface area contributed by atoms with Crippen LogP contribution in [0.3, 0.4) is 0 Å². The zero-order valence-corrected chi connectivity index (χ0v) is 16.0. The van der Waals surface area contributed by atoms with Gasteiger partial charge in [0.25, 0.3) is 11.5 Å². The number of aryl methyl sites for hydroxylation is 1. The molecule has 27 heavy (non-hydrogen) atoms. The number of aromatic nitrogens is 3. The number of pyridine rings is 1. The van der Waals surface area contributed by atoms with Crippen molar-refractivity contribution < 1.29 is 4.79 Å². The maximum Gasteiger partial charge on any atom is 0.263 e. The first-order valence-electron chi connectivity index (χ1n) is 9.78. The molecule has 4 heterocycles.